The van der Waals surface area contributed by atoms with E-state index in [2.05, 4.69) is 5.32 Å². The van der Waals surface area contributed by atoms with Crippen LogP contribution in [0.4, 0.5) is 5.69 Å². The van der Waals surface area contributed by atoms with E-state index in [-0.39, 0.29) is 17.3 Å². The summed E-state index contributed by atoms with van der Waals surface area (Å²) in [5.74, 6) is 1.00. The SMILES string of the molecule is Cc1ccc2c(c1)-c1ccccc1S(=O)(=O)N2CC(=O)NCCSCc1ccc(Cl)cc1Cl. The van der Waals surface area contributed by atoms with Crippen LogP contribution < -0.4 is 9.62 Å². The number of rotatable bonds is 7. The number of carbonyl (C=O) groups is 1. The van der Waals surface area contributed by atoms with Crippen molar-refractivity contribution in [2.75, 3.05) is 23.1 Å². The molecule has 4 rings (SSSR count). The second kappa shape index (κ2) is 9.97. The molecule has 33 heavy (non-hydrogen) atoms. The predicted octanol–water partition coefficient (Wildman–Crippen LogP) is 5.53. The van der Waals surface area contributed by atoms with Gasteiger partial charge in [0, 0.05) is 39.2 Å². The van der Waals surface area contributed by atoms with Gasteiger partial charge in [0.25, 0.3) is 10.0 Å². The van der Waals surface area contributed by atoms with Gasteiger partial charge in [-0.2, -0.15) is 11.8 Å². The molecule has 1 amide bonds. The zero-order valence-corrected chi connectivity index (χ0v) is 21.0. The van der Waals surface area contributed by atoms with Crippen molar-refractivity contribution in [1.29, 1.82) is 0 Å². The summed E-state index contributed by atoms with van der Waals surface area (Å²) in [6, 6.07) is 17.8. The Hall–Kier alpha value is -2.19. The lowest BCUT2D eigenvalue weighted by Crippen LogP contribution is -2.43. The van der Waals surface area contributed by atoms with Crippen LogP contribution in [0.2, 0.25) is 10.0 Å². The molecule has 0 radical (unpaired) electrons. The Morgan fingerprint density at radius 1 is 1.03 bits per heavy atom. The van der Waals surface area contributed by atoms with Crippen LogP contribution in [0.5, 0.6) is 0 Å². The fourth-order valence-electron chi connectivity index (χ4n) is 3.69. The van der Waals surface area contributed by atoms with E-state index >= 15 is 0 Å². The number of thioether (sulfide) groups is 1. The van der Waals surface area contributed by atoms with Crippen LogP contribution in [0.25, 0.3) is 11.1 Å². The highest BCUT2D eigenvalue weighted by molar-refractivity contribution is 7.98. The lowest BCUT2D eigenvalue weighted by atomic mass is 10.0. The normalized spacial score (nSPS) is 13.8. The van der Waals surface area contributed by atoms with Crippen molar-refractivity contribution in [3.63, 3.8) is 0 Å². The summed E-state index contributed by atoms with van der Waals surface area (Å²) < 4.78 is 27.8. The summed E-state index contributed by atoms with van der Waals surface area (Å²) in [5, 5.41) is 4.03. The third-order valence-corrected chi connectivity index (χ3v) is 8.71. The van der Waals surface area contributed by atoms with Gasteiger partial charge in [-0.05, 0) is 42.8 Å². The molecule has 3 aromatic carbocycles. The van der Waals surface area contributed by atoms with Crippen LogP contribution >= 0.6 is 35.0 Å². The topological polar surface area (TPSA) is 66.5 Å². The average Bonchev–Trinajstić information content (AvgIpc) is 2.78. The molecule has 0 fully saturated rings. The lowest BCUT2D eigenvalue weighted by molar-refractivity contribution is -0.119. The molecule has 1 aliphatic rings. The lowest BCUT2D eigenvalue weighted by Gasteiger charge is -2.31. The molecule has 1 heterocycles. The maximum absolute atomic E-state index is 13.3. The molecule has 3 aromatic rings. The molecule has 0 bridgehead atoms. The van der Waals surface area contributed by atoms with E-state index in [9.17, 15) is 13.2 Å². The predicted molar refractivity (Wildman–Crippen MR) is 137 cm³/mol. The number of fused-ring (bicyclic) bond motifs is 3. The van der Waals surface area contributed by atoms with Gasteiger partial charge in [-0.3, -0.25) is 9.10 Å². The van der Waals surface area contributed by atoms with E-state index in [0.717, 1.165) is 16.7 Å². The second-order valence-electron chi connectivity index (χ2n) is 7.67. The van der Waals surface area contributed by atoms with E-state index in [1.54, 1.807) is 48.2 Å². The number of hydrogen-bond donors (Lipinski definition) is 1. The molecular formula is C24H22Cl2N2O3S2. The van der Waals surface area contributed by atoms with Crippen molar-refractivity contribution in [1.82, 2.24) is 5.32 Å². The zero-order chi connectivity index (χ0) is 23.6. The molecule has 172 valence electrons. The number of nitrogens with one attached hydrogen (secondary N) is 1. The average molecular weight is 521 g/mol. The Morgan fingerprint density at radius 2 is 1.82 bits per heavy atom. The Kier molecular flexibility index (Phi) is 7.24. The van der Waals surface area contributed by atoms with Crippen LogP contribution in [0.1, 0.15) is 11.1 Å². The number of amides is 1. The molecule has 0 aromatic heterocycles. The molecule has 0 saturated heterocycles. The van der Waals surface area contributed by atoms with Crippen molar-refractivity contribution in [3.05, 3.63) is 81.8 Å². The Balaban J connectivity index is 1.40. The van der Waals surface area contributed by atoms with E-state index in [4.69, 9.17) is 23.2 Å². The van der Waals surface area contributed by atoms with Crippen LogP contribution in [0.15, 0.2) is 65.6 Å². The maximum Gasteiger partial charge on any atom is 0.265 e. The van der Waals surface area contributed by atoms with Gasteiger partial charge in [0.05, 0.1) is 10.6 Å². The monoisotopic (exact) mass is 520 g/mol. The summed E-state index contributed by atoms with van der Waals surface area (Å²) in [7, 11) is -3.84. The minimum atomic E-state index is -3.84. The third-order valence-electron chi connectivity index (χ3n) is 5.29. The zero-order valence-electron chi connectivity index (χ0n) is 17.8. The number of carbonyl (C=O) groups excluding carboxylic acids is 1. The number of hydrogen-bond acceptors (Lipinski definition) is 4. The Morgan fingerprint density at radius 3 is 2.61 bits per heavy atom. The van der Waals surface area contributed by atoms with E-state index in [1.807, 2.05) is 31.2 Å². The van der Waals surface area contributed by atoms with Crippen LogP contribution in [0, 0.1) is 6.92 Å². The summed E-state index contributed by atoms with van der Waals surface area (Å²) in [4.78, 5) is 12.9. The molecule has 0 aliphatic carbocycles. The summed E-state index contributed by atoms with van der Waals surface area (Å²) in [6.07, 6.45) is 0. The van der Waals surface area contributed by atoms with Gasteiger partial charge in [0.1, 0.15) is 6.54 Å². The molecule has 5 nitrogen and oxygen atoms in total. The summed E-state index contributed by atoms with van der Waals surface area (Å²) >= 11 is 13.7. The van der Waals surface area contributed by atoms with E-state index < -0.39 is 10.0 Å². The highest BCUT2D eigenvalue weighted by Gasteiger charge is 2.35. The highest BCUT2D eigenvalue weighted by atomic mass is 35.5. The molecule has 1 N–H and O–H groups in total. The molecular weight excluding hydrogens is 499 g/mol. The summed E-state index contributed by atoms with van der Waals surface area (Å²) in [6.45, 7) is 2.10. The fourth-order valence-corrected chi connectivity index (χ4v) is 6.75. The molecule has 0 spiro atoms. The van der Waals surface area contributed by atoms with Gasteiger partial charge >= 0.3 is 0 Å². The van der Waals surface area contributed by atoms with E-state index in [0.29, 0.717) is 39.3 Å². The first kappa shape index (κ1) is 24.0. The number of sulfonamides is 1. The first-order valence-corrected chi connectivity index (χ1v) is 13.6. The van der Waals surface area contributed by atoms with Gasteiger partial charge in [-0.15, -0.1) is 0 Å². The maximum atomic E-state index is 13.3. The number of halogens is 2. The van der Waals surface area contributed by atoms with Crippen LogP contribution in [-0.2, 0) is 20.6 Å². The smallest absolute Gasteiger partial charge is 0.265 e. The number of anilines is 1. The van der Waals surface area contributed by atoms with Crippen LogP contribution in [0.3, 0.4) is 0 Å². The Labute approximate surface area is 208 Å². The largest absolute Gasteiger partial charge is 0.354 e. The quantitative estimate of drug-likeness (QED) is 0.416. The van der Waals surface area contributed by atoms with Gasteiger partial charge in [0.15, 0.2) is 0 Å². The van der Waals surface area contributed by atoms with Gasteiger partial charge < -0.3 is 5.32 Å². The molecule has 0 atom stereocenters. The Bertz CT molecular complexity index is 1310. The van der Waals surface area contributed by atoms with Crippen molar-refractivity contribution in [2.45, 2.75) is 17.6 Å². The van der Waals surface area contributed by atoms with Crippen molar-refractivity contribution < 1.29 is 13.2 Å². The minimum Gasteiger partial charge on any atom is -0.354 e. The van der Waals surface area contributed by atoms with Gasteiger partial charge in [-0.1, -0.05) is 59.1 Å². The van der Waals surface area contributed by atoms with Crippen molar-refractivity contribution in [3.8, 4) is 11.1 Å². The summed E-state index contributed by atoms with van der Waals surface area (Å²) in [5.41, 5.74) is 3.97. The molecule has 0 unspecified atom stereocenters. The first-order chi connectivity index (χ1) is 15.8. The number of nitrogens with zero attached hydrogens (tertiary/aromatic N) is 1. The van der Waals surface area contributed by atoms with Crippen LogP contribution in [-0.4, -0.2) is 33.2 Å². The second-order valence-corrected chi connectivity index (χ2v) is 11.4. The van der Waals surface area contributed by atoms with Crippen molar-refractivity contribution in [2.24, 2.45) is 0 Å². The van der Waals surface area contributed by atoms with E-state index in [1.165, 1.54) is 4.31 Å². The van der Waals surface area contributed by atoms with Gasteiger partial charge in [0.2, 0.25) is 5.91 Å². The fraction of sp³-hybridized carbons (Fsp3) is 0.208. The first-order valence-electron chi connectivity index (χ1n) is 10.3. The highest BCUT2D eigenvalue weighted by Crippen LogP contribution is 2.43. The van der Waals surface area contributed by atoms with Crippen molar-refractivity contribution >= 4 is 56.6 Å². The molecule has 9 heteroatoms. The van der Waals surface area contributed by atoms with Gasteiger partial charge in [-0.25, -0.2) is 8.42 Å². The molecule has 1 aliphatic heterocycles. The number of aryl methyl sites for hydroxylation is 1. The molecule has 0 saturated carbocycles. The minimum absolute atomic E-state index is 0.214. The third kappa shape index (κ3) is 5.17. The standard InChI is InChI=1S/C24H22Cl2N2O3S2/c1-16-6-9-22-20(12-16)19-4-2-3-5-23(19)33(30,31)28(22)14-24(29)27-10-11-32-15-17-7-8-18(25)13-21(17)26/h2-9,12-13H,10-11,14-15H2,1H3,(H,27,29). The number of benzene rings is 3.